The minimum absolute atomic E-state index is 0.304. The van der Waals surface area contributed by atoms with Crippen LogP contribution in [0, 0.1) is 6.92 Å². The molecule has 5 aromatic rings. The van der Waals surface area contributed by atoms with Crippen LogP contribution in [-0.2, 0) is 0 Å². The highest BCUT2D eigenvalue weighted by atomic mass is 16.4. The van der Waals surface area contributed by atoms with Gasteiger partial charge in [0.1, 0.15) is 23.4 Å². The molecule has 2 fully saturated rings. The Morgan fingerprint density at radius 3 is 2.45 bits per heavy atom. The molecule has 0 atom stereocenters. The highest BCUT2D eigenvalue weighted by molar-refractivity contribution is 5.98. The maximum absolute atomic E-state index is 6.40. The predicted octanol–water partition coefficient (Wildman–Crippen LogP) is 5.00. The number of oxazole rings is 1. The van der Waals surface area contributed by atoms with Crippen LogP contribution >= 0.6 is 0 Å². The lowest BCUT2D eigenvalue weighted by Gasteiger charge is -2.41. The summed E-state index contributed by atoms with van der Waals surface area (Å²) < 4.78 is 7.97. The van der Waals surface area contributed by atoms with Crippen molar-refractivity contribution in [3.8, 4) is 11.3 Å². The topological polar surface area (TPSA) is 114 Å². The SMILES string of the molecule is Cc1ccc2oc(Nc3ccc(-c4nn(C5CCC(N6CCN(C)CC6)CC5)c5ncnc(N)c45)cc3)nc2c1. The van der Waals surface area contributed by atoms with E-state index in [1.54, 1.807) is 6.33 Å². The Morgan fingerprint density at radius 2 is 1.68 bits per heavy atom. The van der Waals surface area contributed by atoms with Crippen molar-refractivity contribution in [1.29, 1.82) is 0 Å². The Hall–Kier alpha value is -4.02. The van der Waals surface area contributed by atoms with Gasteiger partial charge >= 0.3 is 0 Å². The van der Waals surface area contributed by atoms with E-state index in [0.29, 0.717) is 23.9 Å². The van der Waals surface area contributed by atoms with Gasteiger partial charge in [0.2, 0.25) is 0 Å². The van der Waals surface area contributed by atoms with Gasteiger partial charge in [0.15, 0.2) is 11.2 Å². The molecule has 0 unspecified atom stereocenters. The molecule has 4 heterocycles. The molecule has 1 aliphatic heterocycles. The molecule has 1 saturated heterocycles. The summed E-state index contributed by atoms with van der Waals surface area (Å²) >= 11 is 0. The number of nitrogens with zero attached hydrogens (tertiary/aromatic N) is 7. The second-order valence-electron chi connectivity index (χ2n) is 11.2. The highest BCUT2D eigenvalue weighted by Crippen LogP contribution is 2.37. The molecule has 0 spiro atoms. The van der Waals surface area contributed by atoms with Gasteiger partial charge in [-0.15, -0.1) is 0 Å². The minimum atomic E-state index is 0.304. The van der Waals surface area contributed by atoms with Crippen LogP contribution in [0.25, 0.3) is 33.4 Å². The third-order valence-corrected chi connectivity index (χ3v) is 8.54. The molecule has 1 saturated carbocycles. The summed E-state index contributed by atoms with van der Waals surface area (Å²) in [6.07, 6.45) is 6.08. The quantitative estimate of drug-likeness (QED) is 0.320. The Kier molecular flexibility index (Phi) is 6.36. The molecular formula is C30H35N9O. The zero-order valence-corrected chi connectivity index (χ0v) is 23.0. The lowest BCUT2D eigenvalue weighted by atomic mass is 9.90. The van der Waals surface area contributed by atoms with Gasteiger partial charge in [-0.1, -0.05) is 18.2 Å². The van der Waals surface area contributed by atoms with E-state index in [1.165, 1.54) is 25.9 Å². The number of hydrogen-bond acceptors (Lipinski definition) is 9. The summed E-state index contributed by atoms with van der Waals surface area (Å²) in [5.41, 5.74) is 12.6. The molecule has 2 aliphatic rings. The van der Waals surface area contributed by atoms with Crippen LogP contribution in [0.5, 0.6) is 0 Å². The fourth-order valence-corrected chi connectivity index (χ4v) is 6.23. The summed E-state index contributed by atoms with van der Waals surface area (Å²) in [6, 6.07) is 15.5. The van der Waals surface area contributed by atoms with Crippen molar-refractivity contribution in [3.05, 3.63) is 54.4 Å². The van der Waals surface area contributed by atoms with Gasteiger partial charge in [-0.05, 0) is 69.5 Å². The zero-order chi connectivity index (χ0) is 27.2. The van der Waals surface area contributed by atoms with Crippen LogP contribution in [-0.4, -0.2) is 73.8 Å². The van der Waals surface area contributed by atoms with Gasteiger partial charge in [0.25, 0.3) is 6.01 Å². The molecule has 2 aromatic carbocycles. The van der Waals surface area contributed by atoms with E-state index in [9.17, 15) is 0 Å². The fraction of sp³-hybridized carbons (Fsp3) is 0.400. The van der Waals surface area contributed by atoms with Gasteiger partial charge < -0.3 is 20.4 Å². The van der Waals surface area contributed by atoms with Crippen molar-refractivity contribution < 1.29 is 4.42 Å². The number of piperazine rings is 1. The van der Waals surface area contributed by atoms with E-state index < -0.39 is 0 Å². The predicted molar refractivity (Wildman–Crippen MR) is 158 cm³/mol. The van der Waals surface area contributed by atoms with E-state index in [1.807, 2.05) is 49.4 Å². The number of hydrogen-bond donors (Lipinski definition) is 2. The molecule has 3 aromatic heterocycles. The Bertz CT molecular complexity index is 1640. The number of fused-ring (bicyclic) bond motifs is 2. The monoisotopic (exact) mass is 537 g/mol. The maximum Gasteiger partial charge on any atom is 0.300 e. The standard InChI is InChI=1S/C30H35N9O/c1-19-3-12-25-24(17-19)35-30(40-25)34-21-6-4-20(5-7-21)27-26-28(31)32-18-33-29(26)39(36-27)23-10-8-22(9-11-23)38-15-13-37(2)14-16-38/h3-7,12,17-18,22-23H,8-11,13-16H2,1-2H3,(H,34,35)(H2,31,32,33). The van der Waals surface area contributed by atoms with E-state index in [0.717, 1.165) is 70.6 Å². The summed E-state index contributed by atoms with van der Waals surface area (Å²) in [5, 5.41) is 9.19. The van der Waals surface area contributed by atoms with Gasteiger partial charge in [0, 0.05) is 43.5 Å². The van der Waals surface area contributed by atoms with Crippen molar-refractivity contribution >= 4 is 39.7 Å². The smallest absolute Gasteiger partial charge is 0.300 e. The second-order valence-corrected chi connectivity index (χ2v) is 11.2. The number of anilines is 3. The number of likely N-dealkylation sites (N-methyl/N-ethyl adjacent to an activating group) is 1. The fourth-order valence-electron chi connectivity index (χ4n) is 6.23. The van der Waals surface area contributed by atoms with Gasteiger partial charge in [-0.25, -0.2) is 14.6 Å². The van der Waals surface area contributed by atoms with E-state index in [2.05, 4.69) is 41.8 Å². The van der Waals surface area contributed by atoms with Gasteiger partial charge in [0.05, 0.1) is 11.4 Å². The van der Waals surface area contributed by atoms with Crippen molar-refractivity contribution in [2.75, 3.05) is 44.3 Å². The Labute approximate surface area is 233 Å². The molecule has 206 valence electrons. The molecule has 40 heavy (non-hydrogen) atoms. The van der Waals surface area contributed by atoms with E-state index in [-0.39, 0.29) is 0 Å². The number of aromatic nitrogens is 5. The normalized spacial score (nSPS) is 20.9. The van der Waals surface area contributed by atoms with Crippen LogP contribution in [0.3, 0.4) is 0 Å². The van der Waals surface area contributed by atoms with Crippen LogP contribution in [0.2, 0.25) is 0 Å². The number of nitrogens with two attached hydrogens (primary N) is 1. The first kappa shape index (κ1) is 25.0. The number of nitrogens with one attached hydrogen (secondary N) is 1. The van der Waals surface area contributed by atoms with Crippen molar-refractivity contribution in [1.82, 2.24) is 34.5 Å². The van der Waals surface area contributed by atoms with Gasteiger partial charge in [-0.3, -0.25) is 4.90 Å². The number of rotatable bonds is 5. The van der Waals surface area contributed by atoms with Crippen LogP contribution < -0.4 is 11.1 Å². The molecule has 1 aliphatic carbocycles. The van der Waals surface area contributed by atoms with Crippen molar-refractivity contribution in [2.45, 2.75) is 44.7 Å². The number of nitrogen functional groups attached to an aromatic ring is 1. The van der Waals surface area contributed by atoms with Crippen LogP contribution in [0.4, 0.5) is 17.5 Å². The highest BCUT2D eigenvalue weighted by Gasteiger charge is 2.30. The Morgan fingerprint density at radius 1 is 0.925 bits per heavy atom. The largest absolute Gasteiger partial charge is 0.423 e. The van der Waals surface area contributed by atoms with Gasteiger partial charge in [-0.2, -0.15) is 10.1 Å². The summed E-state index contributed by atoms with van der Waals surface area (Å²) in [4.78, 5) is 18.6. The Balaban J connectivity index is 1.12. The molecule has 3 N–H and O–H groups in total. The minimum Gasteiger partial charge on any atom is -0.423 e. The zero-order valence-electron chi connectivity index (χ0n) is 23.0. The maximum atomic E-state index is 6.40. The molecule has 7 rings (SSSR count). The summed E-state index contributed by atoms with van der Waals surface area (Å²) in [6.45, 7) is 6.70. The molecule has 0 amide bonds. The molecule has 0 bridgehead atoms. The number of benzene rings is 2. The van der Waals surface area contributed by atoms with Crippen LogP contribution in [0.15, 0.2) is 53.2 Å². The molecule has 0 radical (unpaired) electrons. The van der Waals surface area contributed by atoms with E-state index in [4.69, 9.17) is 15.2 Å². The van der Waals surface area contributed by atoms with Crippen LogP contribution in [0.1, 0.15) is 37.3 Å². The van der Waals surface area contributed by atoms with Crippen molar-refractivity contribution in [2.24, 2.45) is 0 Å². The lowest BCUT2D eigenvalue weighted by Crippen LogP contribution is -2.49. The first-order valence-corrected chi connectivity index (χ1v) is 14.2. The average molecular weight is 538 g/mol. The van der Waals surface area contributed by atoms with Crippen molar-refractivity contribution in [3.63, 3.8) is 0 Å². The first-order valence-electron chi connectivity index (χ1n) is 14.2. The summed E-state index contributed by atoms with van der Waals surface area (Å²) in [7, 11) is 2.21. The molecule has 10 heteroatoms. The van der Waals surface area contributed by atoms with E-state index >= 15 is 0 Å². The number of aryl methyl sites for hydroxylation is 1. The second kappa shape index (κ2) is 10.2. The summed E-state index contributed by atoms with van der Waals surface area (Å²) in [5.74, 6) is 0.460. The lowest BCUT2D eigenvalue weighted by molar-refractivity contribution is 0.0815. The average Bonchev–Trinajstić information content (AvgIpc) is 3.56. The third kappa shape index (κ3) is 4.67. The first-order chi connectivity index (χ1) is 19.5. The molecule has 10 nitrogen and oxygen atoms in total. The third-order valence-electron chi connectivity index (χ3n) is 8.54. The molecular weight excluding hydrogens is 502 g/mol.